The predicted octanol–water partition coefficient (Wildman–Crippen LogP) is 3.89. The number of benzene rings is 2. The lowest BCUT2D eigenvalue weighted by molar-refractivity contribution is 0.415. The zero-order valence-corrected chi connectivity index (χ0v) is 10.0. The summed E-state index contributed by atoms with van der Waals surface area (Å²) in [5.74, 6) is 0.765. The largest absolute Gasteiger partial charge is 0.497 e. The van der Waals surface area contributed by atoms with Crippen LogP contribution in [0.25, 0.3) is 11.1 Å². The third kappa shape index (κ3) is 2.41. The van der Waals surface area contributed by atoms with Crippen LogP contribution in [-0.2, 0) is 0 Å². The molecule has 0 unspecified atom stereocenters. The van der Waals surface area contributed by atoms with E-state index in [1.807, 2.05) is 24.3 Å². The summed E-state index contributed by atoms with van der Waals surface area (Å²) >= 11 is 6.13. The molecule has 84 valence electrons. The Balaban J connectivity index is 2.55. The van der Waals surface area contributed by atoms with Gasteiger partial charge in [-0.2, -0.15) is 5.26 Å². The van der Waals surface area contributed by atoms with Crippen LogP contribution in [0.3, 0.4) is 0 Å². The van der Waals surface area contributed by atoms with Gasteiger partial charge < -0.3 is 4.74 Å². The van der Waals surface area contributed by atoms with Crippen molar-refractivity contribution >= 4 is 11.6 Å². The van der Waals surface area contributed by atoms with Crippen molar-refractivity contribution in [3.8, 4) is 22.9 Å². The van der Waals surface area contributed by atoms with Gasteiger partial charge in [0.2, 0.25) is 0 Å². The summed E-state index contributed by atoms with van der Waals surface area (Å²) in [6.45, 7) is 0. The third-order valence-corrected chi connectivity index (χ3v) is 2.81. The van der Waals surface area contributed by atoms with Gasteiger partial charge in [-0.05, 0) is 35.9 Å². The van der Waals surface area contributed by atoms with Crippen molar-refractivity contribution in [3.63, 3.8) is 0 Å². The van der Waals surface area contributed by atoms with Crippen molar-refractivity contribution in [1.82, 2.24) is 0 Å². The molecule has 0 amide bonds. The first-order valence-electron chi connectivity index (χ1n) is 5.08. The summed E-state index contributed by atoms with van der Waals surface area (Å²) in [7, 11) is 1.62. The summed E-state index contributed by atoms with van der Waals surface area (Å²) in [5, 5.41) is 9.51. The highest BCUT2D eigenvalue weighted by Gasteiger charge is 2.05. The van der Waals surface area contributed by atoms with Crippen LogP contribution in [0.4, 0.5) is 0 Å². The minimum absolute atomic E-state index is 0.590. The molecule has 0 aliphatic carbocycles. The molecule has 2 aromatic rings. The molecule has 0 radical (unpaired) electrons. The van der Waals surface area contributed by atoms with Crippen LogP contribution >= 0.6 is 11.6 Å². The van der Waals surface area contributed by atoms with Crippen LogP contribution in [0.15, 0.2) is 42.5 Å². The Morgan fingerprint density at radius 1 is 1.18 bits per heavy atom. The van der Waals surface area contributed by atoms with Crippen LogP contribution in [-0.4, -0.2) is 7.11 Å². The van der Waals surface area contributed by atoms with E-state index in [1.165, 1.54) is 0 Å². The summed E-state index contributed by atoms with van der Waals surface area (Å²) in [4.78, 5) is 0. The summed E-state index contributed by atoms with van der Waals surface area (Å²) in [5.41, 5.74) is 2.36. The molecule has 2 rings (SSSR count). The normalized spacial score (nSPS) is 9.71. The maximum absolute atomic E-state index is 8.88. The highest BCUT2D eigenvalue weighted by Crippen LogP contribution is 2.30. The van der Waals surface area contributed by atoms with Gasteiger partial charge in [0, 0.05) is 10.6 Å². The fourth-order valence-electron chi connectivity index (χ4n) is 1.61. The van der Waals surface area contributed by atoms with E-state index >= 15 is 0 Å². The molecule has 0 atom stereocenters. The highest BCUT2D eigenvalue weighted by molar-refractivity contribution is 6.33. The monoisotopic (exact) mass is 243 g/mol. The van der Waals surface area contributed by atoms with Gasteiger partial charge in [0.1, 0.15) is 5.75 Å². The lowest BCUT2D eigenvalue weighted by atomic mass is 10.0. The van der Waals surface area contributed by atoms with Crippen molar-refractivity contribution in [2.75, 3.05) is 7.11 Å². The molecule has 0 heterocycles. The summed E-state index contributed by atoms with van der Waals surface area (Å²) in [6, 6.07) is 14.9. The van der Waals surface area contributed by atoms with Gasteiger partial charge in [0.25, 0.3) is 0 Å². The second kappa shape index (κ2) is 4.90. The first-order valence-corrected chi connectivity index (χ1v) is 5.46. The van der Waals surface area contributed by atoms with Gasteiger partial charge in [-0.1, -0.05) is 23.7 Å². The number of halogens is 1. The Bertz CT molecular complexity index is 587. The van der Waals surface area contributed by atoms with Crippen molar-refractivity contribution < 1.29 is 4.74 Å². The second-order valence-corrected chi connectivity index (χ2v) is 3.95. The molecule has 0 aromatic heterocycles. The van der Waals surface area contributed by atoms with Crippen molar-refractivity contribution in [1.29, 1.82) is 5.26 Å². The van der Waals surface area contributed by atoms with Crippen LogP contribution in [0.5, 0.6) is 5.75 Å². The molecule has 0 aliphatic heterocycles. The van der Waals surface area contributed by atoms with Crippen LogP contribution < -0.4 is 4.74 Å². The van der Waals surface area contributed by atoms with Gasteiger partial charge in [-0.3, -0.25) is 0 Å². The Morgan fingerprint density at radius 3 is 2.71 bits per heavy atom. The van der Waals surface area contributed by atoms with E-state index in [0.717, 1.165) is 16.9 Å². The number of nitriles is 1. The molecule has 0 bridgehead atoms. The van der Waals surface area contributed by atoms with Crippen molar-refractivity contribution in [2.45, 2.75) is 0 Å². The molecule has 0 aliphatic rings. The minimum atomic E-state index is 0.590. The first kappa shape index (κ1) is 11.5. The lowest BCUT2D eigenvalue weighted by Gasteiger charge is -2.07. The van der Waals surface area contributed by atoms with Crippen molar-refractivity contribution in [3.05, 3.63) is 53.1 Å². The Hall–Kier alpha value is -1.98. The average Bonchev–Trinajstić information content (AvgIpc) is 2.39. The van der Waals surface area contributed by atoms with Gasteiger partial charge in [-0.25, -0.2) is 0 Å². The number of hydrogen-bond donors (Lipinski definition) is 0. The summed E-state index contributed by atoms with van der Waals surface area (Å²) < 4.78 is 5.16. The topological polar surface area (TPSA) is 33.0 Å². The maximum Gasteiger partial charge on any atom is 0.119 e. The Morgan fingerprint density at radius 2 is 2.00 bits per heavy atom. The fourth-order valence-corrected chi connectivity index (χ4v) is 1.83. The van der Waals surface area contributed by atoms with E-state index in [1.54, 1.807) is 25.3 Å². The van der Waals surface area contributed by atoms with E-state index < -0.39 is 0 Å². The van der Waals surface area contributed by atoms with Crippen LogP contribution in [0.2, 0.25) is 5.02 Å². The molecule has 0 N–H and O–H groups in total. The van der Waals surface area contributed by atoms with Gasteiger partial charge >= 0.3 is 0 Å². The molecule has 0 saturated heterocycles. The predicted molar refractivity (Wildman–Crippen MR) is 68.2 cm³/mol. The SMILES string of the molecule is COc1cccc(-c2cc(C#N)ccc2Cl)c1. The molecule has 3 heteroatoms. The van der Waals surface area contributed by atoms with E-state index in [4.69, 9.17) is 21.6 Å². The molecular formula is C14H10ClNO. The third-order valence-electron chi connectivity index (χ3n) is 2.48. The zero-order valence-electron chi connectivity index (χ0n) is 9.27. The number of hydrogen-bond acceptors (Lipinski definition) is 2. The standard InChI is InChI=1S/C14H10ClNO/c1-17-12-4-2-3-11(8-12)13-7-10(9-16)5-6-14(13)15/h2-8H,1H3. The van der Waals surface area contributed by atoms with Gasteiger partial charge in [0.05, 0.1) is 18.7 Å². The number of ether oxygens (including phenoxy) is 1. The first-order chi connectivity index (χ1) is 8.24. The van der Waals surface area contributed by atoms with Crippen molar-refractivity contribution in [2.24, 2.45) is 0 Å². The van der Waals surface area contributed by atoms with E-state index in [9.17, 15) is 0 Å². The lowest BCUT2D eigenvalue weighted by Crippen LogP contribution is -1.85. The quantitative estimate of drug-likeness (QED) is 0.802. The number of rotatable bonds is 2. The van der Waals surface area contributed by atoms with E-state index in [-0.39, 0.29) is 0 Å². The molecule has 0 saturated carbocycles. The zero-order chi connectivity index (χ0) is 12.3. The molecule has 2 aromatic carbocycles. The highest BCUT2D eigenvalue weighted by atomic mass is 35.5. The van der Waals surface area contributed by atoms with Crippen LogP contribution in [0.1, 0.15) is 5.56 Å². The summed E-state index contributed by atoms with van der Waals surface area (Å²) in [6.07, 6.45) is 0. The van der Waals surface area contributed by atoms with E-state index in [0.29, 0.717) is 10.6 Å². The second-order valence-electron chi connectivity index (χ2n) is 3.54. The molecule has 0 spiro atoms. The average molecular weight is 244 g/mol. The number of nitrogens with zero attached hydrogens (tertiary/aromatic N) is 1. The molecule has 0 fully saturated rings. The smallest absolute Gasteiger partial charge is 0.119 e. The molecular weight excluding hydrogens is 234 g/mol. The minimum Gasteiger partial charge on any atom is -0.497 e. The van der Waals surface area contributed by atoms with Gasteiger partial charge in [-0.15, -0.1) is 0 Å². The van der Waals surface area contributed by atoms with Crippen LogP contribution in [0, 0.1) is 11.3 Å². The Kier molecular flexibility index (Phi) is 3.32. The molecule has 17 heavy (non-hydrogen) atoms. The number of methoxy groups -OCH3 is 1. The maximum atomic E-state index is 8.88. The Labute approximate surface area is 105 Å². The molecule has 2 nitrogen and oxygen atoms in total. The van der Waals surface area contributed by atoms with Gasteiger partial charge in [0.15, 0.2) is 0 Å². The van der Waals surface area contributed by atoms with E-state index in [2.05, 4.69) is 6.07 Å². The fraction of sp³-hybridized carbons (Fsp3) is 0.0714.